The molecular formula is C17H19N5O2S. The van der Waals surface area contributed by atoms with Gasteiger partial charge in [-0.3, -0.25) is 10.1 Å². The molecule has 0 atom stereocenters. The Kier molecular flexibility index (Phi) is 4.63. The summed E-state index contributed by atoms with van der Waals surface area (Å²) in [5.41, 5.74) is 0.797. The molecule has 7 nitrogen and oxygen atoms in total. The van der Waals surface area contributed by atoms with Crippen LogP contribution in [0.5, 0.6) is 0 Å². The summed E-state index contributed by atoms with van der Waals surface area (Å²) in [7, 11) is 0. The Morgan fingerprint density at radius 2 is 2.00 bits per heavy atom. The third-order valence-corrected chi connectivity index (χ3v) is 4.47. The molecule has 3 aromatic rings. The number of benzene rings is 1. The number of anilines is 1. The Balaban J connectivity index is 1.90. The number of hydrogen-bond acceptors (Lipinski definition) is 7. The summed E-state index contributed by atoms with van der Waals surface area (Å²) >= 11 is 1.36. The average Bonchev–Trinajstić information content (AvgIpc) is 3.23. The first-order valence-electron chi connectivity index (χ1n) is 7.96. The first-order valence-corrected chi connectivity index (χ1v) is 8.77. The summed E-state index contributed by atoms with van der Waals surface area (Å²) in [5.74, 6) is 0.626. The molecule has 0 aliphatic heterocycles. The van der Waals surface area contributed by atoms with Crippen LogP contribution in [0.25, 0.3) is 11.5 Å². The predicted molar refractivity (Wildman–Crippen MR) is 95.7 cm³/mol. The van der Waals surface area contributed by atoms with E-state index < -0.39 is 0 Å². The van der Waals surface area contributed by atoms with E-state index in [-0.39, 0.29) is 11.3 Å². The molecule has 8 heteroatoms. The van der Waals surface area contributed by atoms with Crippen molar-refractivity contribution in [3.63, 3.8) is 0 Å². The minimum absolute atomic E-state index is 0.234. The van der Waals surface area contributed by atoms with E-state index in [4.69, 9.17) is 4.52 Å². The molecule has 1 aromatic carbocycles. The van der Waals surface area contributed by atoms with Crippen LogP contribution < -0.4 is 5.32 Å². The summed E-state index contributed by atoms with van der Waals surface area (Å²) < 4.78 is 5.37. The van der Waals surface area contributed by atoms with Crippen molar-refractivity contribution in [2.45, 2.75) is 39.5 Å². The number of rotatable bonds is 4. The molecule has 1 N–H and O–H groups in total. The van der Waals surface area contributed by atoms with Crippen molar-refractivity contribution in [3.05, 3.63) is 40.7 Å². The Morgan fingerprint density at radius 3 is 2.64 bits per heavy atom. The zero-order valence-electron chi connectivity index (χ0n) is 14.5. The maximum Gasteiger partial charge on any atom is 0.258 e. The molecule has 0 aliphatic rings. The highest BCUT2D eigenvalue weighted by atomic mass is 32.1. The van der Waals surface area contributed by atoms with Gasteiger partial charge in [0.25, 0.3) is 11.8 Å². The average molecular weight is 357 g/mol. The van der Waals surface area contributed by atoms with Crippen molar-refractivity contribution in [3.8, 4) is 11.5 Å². The fraction of sp³-hybridized carbons (Fsp3) is 0.353. The standard InChI is InChI=1S/C17H19N5O2S/c1-5-12-20-21-16(25-12)18-13(23)10-8-6-7-9-11(10)14-19-15(22-24-14)17(2,3)4/h6-9H,5H2,1-4H3,(H,18,21,23). The monoisotopic (exact) mass is 357 g/mol. The maximum absolute atomic E-state index is 12.6. The van der Waals surface area contributed by atoms with Crippen LogP contribution >= 0.6 is 11.3 Å². The highest BCUT2D eigenvalue weighted by molar-refractivity contribution is 7.15. The summed E-state index contributed by atoms with van der Waals surface area (Å²) in [6.07, 6.45) is 0.779. The number of amides is 1. The molecule has 3 rings (SSSR count). The largest absolute Gasteiger partial charge is 0.334 e. The van der Waals surface area contributed by atoms with E-state index in [1.165, 1.54) is 11.3 Å². The van der Waals surface area contributed by atoms with Gasteiger partial charge < -0.3 is 4.52 Å². The highest BCUT2D eigenvalue weighted by Gasteiger charge is 2.24. The van der Waals surface area contributed by atoms with Gasteiger partial charge in [0.1, 0.15) is 5.01 Å². The number of nitrogens with one attached hydrogen (secondary N) is 1. The second kappa shape index (κ2) is 6.72. The van der Waals surface area contributed by atoms with Crippen LogP contribution in [-0.4, -0.2) is 26.2 Å². The molecule has 1 amide bonds. The van der Waals surface area contributed by atoms with Gasteiger partial charge in [-0.05, 0) is 18.6 Å². The topological polar surface area (TPSA) is 93.8 Å². The van der Waals surface area contributed by atoms with Gasteiger partial charge in [-0.2, -0.15) is 4.98 Å². The van der Waals surface area contributed by atoms with Gasteiger partial charge in [0.2, 0.25) is 5.13 Å². The van der Waals surface area contributed by atoms with Crippen molar-refractivity contribution in [1.82, 2.24) is 20.3 Å². The summed E-state index contributed by atoms with van der Waals surface area (Å²) in [6.45, 7) is 7.99. The normalized spacial score (nSPS) is 11.5. The van der Waals surface area contributed by atoms with E-state index in [1.807, 2.05) is 33.8 Å². The van der Waals surface area contributed by atoms with Crippen LogP contribution in [-0.2, 0) is 11.8 Å². The third-order valence-electron chi connectivity index (χ3n) is 3.49. The summed E-state index contributed by atoms with van der Waals surface area (Å²) in [4.78, 5) is 17.1. The molecule has 0 unspecified atom stereocenters. The van der Waals surface area contributed by atoms with Gasteiger partial charge in [0.05, 0.1) is 11.1 Å². The van der Waals surface area contributed by atoms with Gasteiger partial charge in [-0.1, -0.05) is 56.3 Å². The third kappa shape index (κ3) is 3.74. The molecule has 0 fully saturated rings. The van der Waals surface area contributed by atoms with Crippen LogP contribution in [0.2, 0.25) is 0 Å². The van der Waals surface area contributed by atoms with Crippen molar-refractivity contribution < 1.29 is 9.32 Å². The first-order chi connectivity index (χ1) is 11.9. The second-order valence-corrected chi connectivity index (χ2v) is 7.59. The van der Waals surface area contributed by atoms with Gasteiger partial charge >= 0.3 is 0 Å². The van der Waals surface area contributed by atoms with Gasteiger partial charge in [-0.15, -0.1) is 10.2 Å². The number of aryl methyl sites for hydroxylation is 1. The Labute approximate surface area is 149 Å². The Bertz CT molecular complexity index is 894. The zero-order chi connectivity index (χ0) is 18.0. The lowest BCUT2D eigenvalue weighted by Gasteiger charge is -2.11. The van der Waals surface area contributed by atoms with Crippen LogP contribution in [0.4, 0.5) is 5.13 Å². The number of carbonyl (C=O) groups is 1. The molecule has 0 aliphatic carbocycles. The minimum Gasteiger partial charge on any atom is -0.334 e. The molecule has 0 spiro atoms. The van der Waals surface area contributed by atoms with Gasteiger partial charge in [0, 0.05) is 5.41 Å². The molecule has 2 aromatic heterocycles. The number of carbonyl (C=O) groups excluding carboxylic acids is 1. The maximum atomic E-state index is 12.6. The fourth-order valence-electron chi connectivity index (χ4n) is 2.12. The lowest BCUT2D eigenvalue weighted by atomic mass is 9.96. The fourth-order valence-corrected chi connectivity index (χ4v) is 2.79. The zero-order valence-corrected chi connectivity index (χ0v) is 15.3. The Hall–Kier alpha value is -2.61. The Morgan fingerprint density at radius 1 is 1.24 bits per heavy atom. The highest BCUT2D eigenvalue weighted by Crippen LogP contribution is 2.27. The van der Waals surface area contributed by atoms with E-state index >= 15 is 0 Å². The van der Waals surface area contributed by atoms with Crippen LogP contribution in [0, 0.1) is 0 Å². The van der Waals surface area contributed by atoms with Crippen LogP contribution in [0.15, 0.2) is 28.8 Å². The molecule has 0 radical (unpaired) electrons. The molecular weight excluding hydrogens is 338 g/mol. The first kappa shape index (κ1) is 17.2. The molecule has 25 heavy (non-hydrogen) atoms. The van der Waals surface area contributed by atoms with Crippen molar-refractivity contribution in [2.75, 3.05) is 5.32 Å². The van der Waals surface area contributed by atoms with E-state index in [0.717, 1.165) is 11.4 Å². The van der Waals surface area contributed by atoms with Crippen molar-refractivity contribution >= 4 is 22.4 Å². The van der Waals surface area contributed by atoms with Gasteiger partial charge in [-0.25, -0.2) is 0 Å². The summed E-state index contributed by atoms with van der Waals surface area (Å²) in [6, 6.07) is 7.12. The number of aromatic nitrogens is 4. The minimum atomic E-state index is -0.287. The van der Waals surface area contributed by atoms with Crippen molar-refractivity contribution in [2.24, 2.45) is 0 Å². The van der Waals surface area contributed by atoms with E-state index in [1.54, 1.807) is 18.2 Å². The lowest BCUT2D eigenvalue weighted by molar-refractivity contribution is 0.102. The lowest BCUT2D eigenvalue weighted by Crippen LogP contribution is -2.14. The van der Waals surface area contributed by atoms with Gasteiger partial charge in [0.15, 0.2) is 5.82 Å². The SMILES string of the molecule is CCc1nnc(NC(=O)c2ccccc2-c2nc(C(C)(C)C)no2)s1. The second-order valence-electron chi connectivity index (χ2n) is 6.53. The van der Waals surface area contributed by atoms with E-state index in [0.29, 0.717) is 28.0 Å². The van der Waals surface area contributed by atoms with Crippen LogP contribution in [0.3, 0.4) is 0 Å². The van der Waals surface area contributed by atoms with Crippen molar-refractivity contribution in [1.29, 1.82) is 0 Å². The molecule has 130 valence electrons. The molecule has 2 heterocycles. The smallest absolute Gasteiger partial charge is 0.258 e. The quantitative estimate of drug-likeness (QED) is 0.765. The van der Waals surface area contributed by atoms with E-state index in [9.17, 15) is 4.79 Å². The van der Waals surface area contributed by atoms with Crippen LogP contribution in [0.1, 0.15) is 48.9 Å². The van der Waals surface area contributed by atoms with E-state index in [2.05, 4.69) is 25.7 Å². The number of hydrogen-bond donors (Lipinski definition) is 1. The predicted octanol–water partition coefficient (Wildman–Crippen LogP) is 3.70. The number of nitrogens with zero attached hydrogens (tertiary/aromatic N) is 4. The summed E-state index contributed by atoms with van der Waals surface area (Å²) in [5, 5.41) is 16.1. The molecule has 0 bridgehead atoms. The molecule has 0 saturated carbocycles. The molecule has 0 saturated heterocycles.